The van der Waals surface area contributed by atoms with Crippen LogP contribution in [-0.4, -0.2) is 28.2 Å². The van der Waals surface area contributed by atoms with Crippen LogP contribution in [0.15, 0.2) is 34.5 Å². The fourth-order valence-electron chi connectivity index (χ4n) is 2.55. The first-order chi connectivity index (χ1) is 11.8. The van der Waals surface area contributed by atoms with Gasteiger partial charge in [0.25, 0.3) is 0 Å². The lowest BCUT2D eigenvalue weighted by atomic mass is 9.92. The predicted octanol–water partition coefficient (Wildman–Crippen LogP) is 2.68. The molecule has 0 spiro atoms. The Balaban J connectivity index is 1.96. The summed E-state index contributed by atoms with van der Waals surface area (Å²) < 4.78 is 13.8. The normalized spacial score (nSPS) is 16.5. The van der Waals surface area contributed by atoms with E-state index in [1.807, 2.05) is 0 Å². The third kappa shape index (κ3) is 4.86. The maximum Gasteiger partial charge on any atom is 0.329 e. The second-order valence-corrected chi connectivity index (χ2v) is 6.34. The first-order valence-electron chi connectivity index (χ1n) is 7.96. The zero-order chi connectivity index (χ0) is 18.5. The molecule has 0 saturated carbocycles. The monoisotopic (exact) mass is 345 g/mol. The van der Waals surface area contributed by atoms with Gasteiger partial charge < -0.3 is 10.4 Å². The van der Waals surface area contributed by atoms with E-state index in [-0.39, 0.29) is 18.4 Å². The Hall–Kier alpha value is -2.75. The van der Waals surface area contributed by atoms with Gasteiger partial charge in [0.15, 0.2) is 5.66 Å². The number of carboxylic acid groups (broad SMARTS) is 1. The van der Waals surface area contributed by atoms with Crippen molar-refractivity contribution in [1.29, 1.82) is 0 Å². The van der Waals surface area contributed by atoms with Crippen molar-refractivity contribution in [2.24, 2.45) is 10.2 Å². The molecular formula is C18H20FN3O3. The van der Waals surface area contributed by atoms with Gasteiger partial charge in [0.05, 0.1) is 0 Å². The molecule has 1 aromatic carbocycles. The summed E-state index contributed by atoms with van der Waals surface area (Å²) in [5, 5.41) is 19.9. The molecule has 2 rings (SSSR count). The van der Waals surface area contributed by atoms with Gasteiger partial charge in [0.1, 0.15) is 11.4 Å². The maximum absolute atomic E-state index is 13.8. The van der Waals surface area contributed by atoms with E-state index in [9.17, 15) is 19.1 Å². The number of amides is 1. The lowest BCUT2D eigenvalue weighted by Gasteiger charge is -2.27. The van der Waals surface area contributed by atoms with Gasteiger partial charge in [0, 0.05) is 32.1 Å². The van der Waals surface area contributed by atoms with Crippen molar-refractivity contribution < 1.29 is 19.1 Å². The summed E-state index contributed by atoms with van der Waals surface area (Å²) in [7, 11) is 0. The highest BCUT2D eigenvalue weighted by Gasteiger charge is 2.41. The molecule has 1 amide bonds. The molecule has 132 valence electrons. The summed E-state index contributed by atoms with van der Waals surface area (Å²) in [6.45, 7) is 1.36. The van der Waals surface area contributed by atoms with E-state index in [1.165, 1.54) is 25.1 Å². The number of terminal acetylenes is 1. The summed E-state index contributed by atoms with van der Waals surface area (Å²) in [4.78, 5) is 23.8. The molecule has 1 aliphatic rings. The smallest absolute Gasteiger partial charge is 0.329 e. The minimum absolute atomic E-state index is 0.0672. The molecule has 7 heteroatoms. The molecule has 0 radical (unpaired) electrons. The van der Waals surface area contributed by atoms with E-state index in [1.54, 1.807) is 6.07 Å². The Morgan fingerprint density at radius 3 is 2.60 bits per heavy atom. The van der Waals surface area contributed by atoms with Crippen LogP contribution in [0.2, 0.25) is 0 Å². The zero-order valence-electron chi connectivity index (χ0n) is 14.0. The average Bonchev–Trinajstić information content (AvgIpc) is 3.33. The second-order valence-electron chi connectivity index (χ2n) is 6.34. The van der Waals surface area contributed by atoms with Crippen molar-refractivity contribution in [2.75, 3.05) is 0 Å². The van der Waals surface area contributed by atoms with Gasteiger partial charge in [-0.1, -0.05) is 18.2 Å². The van der Waals surface area contributed by atoms with Crippen LogP contribution >= 0.6 is 0 Å². The second kappa shape index (κ2) is 7.43. The van der Waals surface area contributed by atoms with Crippen molar-refractivity contribution in [2.45, 2.75) is 50.2 Å². The summed E-state index contributed by atoms with van der Waals surface area (Å²) >= 11 is 0. The Labute approximate surface area is 145 Å². The van der Waals surface area contributed by atoms with Gasteiger partial charge in [-0.25, -0.2) is 9.18 Å². The highest BCUT2D eigenvalue weighted by molar-refractivity contribution is 5.87. The van der Waals surface area contributed by atoms with Crippen molar-refractivity contribution in [3.05, 3.63) is 35.6 Å². The Morgan fingerprint density at radius 1 is 1.36 bits per heavy atom. The highest BCUT2D eigenvalue weighted by Crippen LogP contribution is 2.37. The Bertz CT molecular complexity index is 735. The van der Waals surface area contributed by atoms with E-state index in [0.717, 1.165) is 0 Å². The maximum atomic E-state index is 13.8. The molecule has 1 aliphatic heterocycles. The number of benzene rings is 1. The summed E-state index contributed by atoms with van der Waals surface area (Å²) in [6, 6.07) is 5.89. The fraction of sp³-hybridized carbons (Fsp3) is 0.444. The van der Waals surface area contributed by atoms with Crippen LogP contribution in [-0.2, 0) is 16.0 Å². The average molecular weight is 345 g/mol. The van der Waals surface area contributed by atoms with Gasteiger partial charge in [-0.3, -0.25) is 4.79 Å². The first-order valence-corrected chi connectivity index (χ1v) is 7.96. The molecule has 0 saturated heterocycles. The summed E-state index contributed by atoms with van der Waals surface area (Å²) in [6.07, 6.45) is 6.58. The molecule has 0 bridgehead atoms. The number of carbonyl (C=O) groups is 2. The van der Waals surface area contributed by atoms with Crippen LogP contribution in [0.4, 0.5) is 4.39 Å². The highest BCUT2D eigenvalue weighted by atomic mass is 19.1. The Kier molecular flexibility index (Phi) is 5.52. The molecule has 0 aliphatic carbocycles. The number of nitrogens with zero attached hydrogens (tertiary/aromatic N) is 2. The largest absolute Gasteiger partial charge is 0.480 e. The molecule has 1 atom stereocenters. The van der Waals surface area contributed by atoms with E-state index in [2.05, 4.69) is 21.5 Å². The van der Waals surface area contributed by atoms with Crippen molar-refractivity contribution in [3.63, 3.8) is 0 Å². The van der Waals surface area contributed by atoms with Crippen LogP contribution in [0.1, 0.15) is 38.2 Å². The standard InChI is InChI=1S/C18H20FN3O3/c1-3-4-10-18(21-22-18)11-9-15(23)20-17(2,16(24)25)12-13-7-5-6-8-14(13)19/h1,5-8H,4,9-12H2,2H3,(H,20,23)(H,24,25). The lowest BCUT2D eigenvalue weighted by Crippen LogP contribution is -2.54. The number of aliphatic carboxylic acids is 1. The number of carbonyl (C=O) groups excluding carboxylic acids is 1. The van der Waals surface area contributed by atoms with E-state index in [0.29, 0.717) is 19.3 Å². The van der Waals surface area contributed by atoms with Crippen LogP contribution < -0.4 is 5.32 Å². The summed E-state index contributed by atoms with van der Waals surface area (Å²) in [5.41, 5.74) is -1.98. The molecule has 0 fully saturated rings. The molecule has 2 N–H and O–H groups in total. The topological polar surface area (TPSA) is 91.1 Å². The third-order valence-corrected chi connectivity index (χ3v) is 4.19. The lowest BCUT2D eigenvalue weighted by molar-refractivity contribution is -0.146. The van der Waals surface area contributed by atoms with Gasteiger partial charge in [0.2, 0.25) is 5.91 Å². The van der Waals surface area contributed by atoms with Crippen LogP contribution in [0.25, 0.3) is 0 Å². The van der Waals surface area contributed by atoms with Crippen LogP contribution in [0, 0.1) is 18.2 Å². The van der Waals surface area contributed by atoms with Gasteiger partial charge in [-0.15, -0.1) is 12.3 Å². The fourth-order valence-corrected chi connectivity index (χ4v) is 2.55. The van der Waals surface area contributed by atoms with Crippen LogP contribution in [0.3, 0.4) is 0 Å². The Morgan fingerprint density at radius 2 is 2.04 bits per heavy atom. The number of rotatable bonds is 9. The van der Waals surface area contributed by atoms with Crippen molar-refractivity contribution in [3.8, 4) is 12.3 Å². The van der Waals surface area contributed by atoms with E-state index < -0.39 is 28.9 Å². The van der Waals surface area contributed by atoms with Gasteiger partial charge in [-0.05, 0) is 18.6 Å². The minimum atomic E-state index is -1.61. The molecule has 25 heavy (non-hydrogen) atoms. The molecular weight excluding hydrogens is 325 g/mol. The van der Waals surface area contributed by atoms with E-state index >= 15 is 0 Å². The van der Waals surface area contributed by atoms with Crippen LogP contribution in [0.5, 0.6) is 0 Å². The first kappa shape index (κ1) is 18.6. The van der Waals surface area contributed by atoms with Gasteiger partial charge >= 0.3 is 5.97 Å². The van der Waals surface area contributed by atoms with E-state index in [4.69, 9.17) is 6.42 Å². The molecule has 1 heterocycles. The number of carboxylic acids is 1. The number of hydrogen-bond donors (Lipinski definition) is 2. The van der Waals surface area contributed by atoms with Gasteiger partial charge in [-0.2, -0.15) is 10.2 Å². The predicted molar refractivity (Wildman–Crippen MR) is 89.2 cm³/mol. The number of halogens is 1. The summed E-state index contributed by atoms with van der Waals surface area (Å²) in [5.74, 6) is 0.322. The minimum Gasteiger partial charge on any atom is -0.480 e. The number of hydrogen-bond acceptors (Lipinski definition) is 4. The quantitative estimate of drug-likeness (QED) is 0.674. The van der Waals surface area contributed by atoms with Crippen molar-refractivity contribution in [1.82, 2.24) is 5.32 Å². The van der Waals surface area contributed by atoms with Crippen molar-refractivity contribution >= 4 is 11.9 Å². The molecule has 0 aromatic heterocycles. The molecule has 6 nitrogen and oxygen atoms in total. The number of nitrogens with one attached hydrogen (secondary N) is 1. The molecule has 1 unspecified atom stereocenters. The zero-order valence-corrected chi connectivity index (χ0v) is 14.0. The SMILES string of the molecule is C#CCCC1(CCC(=O)NC(C)(Cc2ccccc2F)C(=O)O)N=N1. The molecule has 1 aromatic rings. The third-order valence-electron chi connectivity index (χ3n) is 4.19.